The molecule has 2 aromatic heterocycles. The average molecular weight is 359 g/mol. The Morgan fingerprint density at radius 1 is 1.15 bits per heavy atom. The number of benzene rings is 1. The first kappa shape index (κ1) is 17.6. The number of rotatable bonds is 4. The van der Waals surface area contributed by atoms with E-state index in [0.29, 0.717) is 12.2 Å². The Morgan fingerprint density at radius 2 is 1.81 bits per heavy atom. The summed E-state index contributed by atoms with van der Waals surface area (Å²) in [7, 11) is 2.89. The molecule has 0 aliphatic heterocycles. The predicted molar refractivity (Wildman–Crippen MR) is 94.6 cm³/mol. The fourth-order valence-electron chi connectivity index (χ4n) is 2.87. The molecular weight excluding hydrogens is 341 g/mol. The lowest BCUT2D eigenvalue weighted by Gasteiger charge is -2.21. The molecule has 1 aromatic carbocycles. The zero-order chi connectivity index (χ0) is 19.0. The number of aryl methyl sites for hydroxylation is 1. The first-order valence-corrected chi connectivity index (χ1v) is 8.02. The average Bonchev–Trinajstić information content (AvgIpc) is 3.04. The summed E-state index contributed by atoms with van der Waals surface area (Å²) in [6.45, 7) is 2.05. The molecule has 26 heavy (non-hydrogen) atoms. The lowest BCUT2D eigenvalue weighted by atomic mass is 10.2. The number of carbonyl (C=O) groups is 1. The molecule has 1 amide bonds. The summed E-state index contributed by atoms with van der Waals surface area (Å²) in [6, 6.07) is 5.60. The van der Waals surface area contributed by atoms with Gasteiger partial charge in [-0.2, -0.15) is 0 Å². The number of amides is 1. The first-order valence-electron chi connectivity index (χ1n) is 8.02. The number of halogens is 1. The highest BCUT2D eigenvalue weighted by Crippen LogP contribution is 2.16. The van der Waals surface area contributed by atoms with Gasteiger partial charge in [0.05, 0.1) is 6.33 Å². The van der Waals surface area contributed by atoms with Crippen LogP contribution in [0.3, 0.4) is 0 Å². The molecule has 0 unspecified atom stereocenters. The molecule has 0 bridgehead atoms. The standard InChI is InChI=1S/C17H18FN5O3/c1-4-23(12-7-5-11(18)6-8-12)13(24)9-22-10-19-15-14(22)16(25)21(3)17(26)20(15)2/h5-8,10H,4,9H2,1-3H3. The lowest BCUT2D eigenvalue weighted by molar-refractivity contribution is -0.119. The van der Waals surface area contributed by atoms with Crippen molar-refractivity contribution in [2.45, 2.75) is 13.5 Å². The van der Waals surface area contributed by atoms with Gasteiger partial charge in [0.15, 0.2) is 11.2 Å². The van der Waals surface area contributed by atoms with Crippen molar-refractivity contribution in [2.75, 3.05) is 11.4 Å². The maximum absolute atomic E-state index is 13.1. The minimum atomic E-state index is -0.516. The van der Waals surface area contributed by atoms with Crippen molar-refractivity contribution in [2.24, 2.45) is 14.1 Å². The second-order valence-electron chi connectivity index (χ2n) is 5.86. The van der Waals surface area contributed by atoms with Gasteiger partial charge >= 0.3 is 5.69 Å². The Labute approximate surface area is 147 Å². The molecular formula is C17H18FN5O3. The Balaban J connectivity index is 2.00. The van der Waals surface area contributed by atoms with Crippen LogP contribution < -0.4 is 16.1 Å². The van der Waals surface area contributed by atoms with Gasteiger partial charge in [0, 0.05) is 26.3 Å². The highest BCUT2D eigenvalue weighted by atomic mass is 19.1. The van der Waals surface area contributed by atoms with E-state index in [-0.39, 0.29) is 29.4 Å². The summed E-state index contributed by atoms with van der Waals surface area (Å²) in [6.07, 6.45) is 1.36. The van der Waals surface area contributed by atoms with Gasteiger partial charge in [0.2, 0.25) is 5.91 Å². The Morgan fingerprint density at radius 3 is 2.42 bits per heavy atom. The summed E-state index contributed by atoms with van der Waals surface area (Å²) in [5, 5.41) is 0. The molecule has 0 fully saturated rings. The molecule has 0 N–H and O–H groups in total. The SMILES string of the molecule is CCN(C(=O)Cn1cnc2c1c(=O)n(C)c(=O)n2C)c1ccc(F)cc1. The second-order valence-corrected chi connectivity index (χ2v) is 5.86. The van der Waals surface area contributed by atoms with E-state index in [9.17, 15) is 18.8 Å². The van der Waals surface area contributed by atoms with Gasteiger partial charge < -0.3 is 9.47 Å². The molecule has 0 saturated heterocycles. The molecule has 0 aliphatic carbocycles. The fourth-order valence-corrected chi connectivity index (χ4v) is 2.87. The topological polar surface area (TPSA) is 82.1 Å². The summed E-state index contributed by atoms with van der Waals surface area (Å²) in [4.78, 5) is 42.7. The summed E-state index contributed by atoms with van der Waals surface area (Å²) in [5.74, 6) is -0.670. The van der Waals surface area contributed by atoms with E-state index in [1.54, 1.807) is 6.92 Å². The van der Waals surface area contributed by atoms with E-state index in [0.717, 1.165) is 4.57 Å². The zero-order valence-corrected chi connectivity index (χ0v) is 14.6. The Kier molecular flexibility index (Phi) is 4.45. The van der Waals surface area contributed by atoms with Crippen LogP contribution >= 0.6 is 0 Å². The fraction of sp³-hybridized carbons (Fsp3) is 0.294. The van der Waals surface area contributed by atoms with Crippen molar-refractivity contribution in [3.63, 3.8) is 0 Å². The van der Waals surface area contributed by atoms with Crippen molar-refractivity contribution in [3.05, 3.63) is 57.2 Å². The maximum atomic E-state index is 13.1. The van der Waals surface area contributed by atoms with Gasteiger partial charge in [0.25, 0.3) is 5.56 Å². The summed E-state index contributed by atoms with van der Waals surface area (Å²) >= 11 is 0. The monoisotopic (exact) mass is 359 g/mol. The van der Waals surface area contributed by atoms with E-state index in [1.165, 1.54) is 58.7 Å². The lowest BCUT2D eigenvalue weighted by Crippen LogP contribution is -2.38. The van der Waals surface area contributed by atoms with E-state index in [1.807, 2.05) is 0 Å². The van der Waals surface area contributed by atoms with E-state index >= 15 is 0 Å². The van der Waals surface area contributed by atoms with Gasteiger partial charge in [-0.3, -0.25) is 18.7 Å². The van der Waals surface area contributed by atoms with Crippen molar-refractivity contribution in [3.8, 4) is 0 Å². The van der Waals surface area contributed by atoms with Crippen molar-refractivity contribution >= 4 is 22.8 Å². The second kappa shape index (κ2) is 6.58. The minimum Gasteiger partial charge on any atom is -0.315 e. The van der Waals surface area contributed by atoms with Gasteiger partial charge in [-0.05, 0) is 31.2 Å². The molecule has 2 heterocycles. The molecule has 0 spiro atoms. The van der Waals surface area contributed by atoms with E-state index < -0.39 is 11.2 Å². The Bertz CT molecular complexity index is 1090. The number of nitrogens with zero attached hydrogens (tertiary/aromatic N) is 5. The number of carbonyl (C=O) groups excluding carboxylic acids is 1. The molecule has 0 atom stereocenters. The number of hydrogen-bond donors (Lipinski definition) is 0. The number of fused-ring (bicyclic) bond motifs is 1. The van der Waals surface area contributed by atoms with E-state index in [4.69, 9.17) is 0 Å². The minimum absolute atomic E-state index is 0.130. The third-order valence-corrected chi connectivity index (χ3v) is 4.28. The van der Waals surface area contributed by atoms with Crippen LogP contribution in [-0.4, -0.2) is 31.1 Å². The maximum Gasteiger partial charge on any atom is 0.332 e. The summed E-state index contributed by atoms with van der Waals surface area (Å²) < 4.78 is 16.8. The molecule has 8 nitrogen and oxygen atoms in total. The predicted octanol–water partition coefficient (Wildman–Crippen LogP) is 0.626. The van der Waals surface area contributed by atoms with Gasteiger partial charge in [-0.1, -0.05) is 0 Å². The van der Waals surface area contributed by atoms with Crippen molar-refractivity contribution in [1.82, 2.24) is 18.7 Å². The number of likely N-dealkylation sites (N-methyl/N-ethyl adjacent to an activating group) is 1. The summed E-state index contributed by atoms with van der Waals surface area (Å²) in [5.41, 5.74) is -0.0451. The quantitative estimate of drug-likeness (QED) is 0.684. The largest absolute Gasteiger partial charge is 0.332 e. The number of hydrogen-bond acceptors (Lipinski definition) is 4. The van der Waals surface area contributed by atoms with Crippen LogP contribution in [0.4, 0.5) is 10.1 Å². The van der Waals surface area contributed by atoms with Crippen LogP contribution in [0.1, 0.15) is 6.92 Å². The molecule has 3 rings (SSSR count). The van der Waals surface area contributed by atoms with Crippen LogP contribution in [0.15, 0.2) is 40.2 Å². The molecule has 3 aromatic rings. The van der Waals surface area contributed by atoms with Gasteiger partial charge in [0.1, 0.15) is 12.4 Å². The Hall–Kier alpha value is -3.23. The highest BCUT2D eigenvalue weighted by molar-refractivity contribution is 5.93. The van der Waals surface area contributed by atoms with Crippen LogP contribution in [-0.2, 0) is 25.4 Å². The van der Waals surface area contributed by atoms with Crippen LogP contribution in [0.2, 0.25) is 0 Å². The van der Waals surface area contributed by atoms with Crippen LogP contribution in [0.5, 0.6) is 0 Å². The normalized spacial score (nSPS) is 11.1. The molecule has 136 valence electrons. The molecule has 9 heteroatoms. The number of imidazole rings is 1. The van der Waals surface area contributed by atoms with Crippen LogP contribution in [0.25, 0.3) is 11.2 Å². The molecule has 0 aliphatic rings. The third-order valence-electron chi connectivity index (χ3n) is 4.28. The van der Waals surface area contributed by atoms with E-state index in [2.05, 4.69) is 4.98 Å². The van der Waals surface area contributed by atoms with Crippen molar-refractivity contribution in [1.29, 1.82) is 0 Å². The van der Waals surface area contributed by atoms with Crippen molar-refractivity contribution < 1.29 is 9.18 Å². The van der Waals surface area contributed by atoms with Gasteiger partial charge in [-0.25, -0.2) is 14.2 Å². The zero-order valence-electron chi connectivity index (χ0n) is 14.6. The highest BCUT2D eigenvalue weighted by Gasteiger charge is 2.19. The molecule has 0 radical (unpaired) electrons. The third kappa shape index (κ3) is 2.81. The smallest absolute Gasteiger partial charge is 0.315 e. The number of anilines is 1. The first-order chi connectivity index (χ1) is 12.3. The van der Waals surface area contributed by atoms with Crippen LogP contribution in [0, 0.1) is 5.82 Å². The van der Waals surface area contributed by atoms with Gasteiger partial charge in [-0.15, -0.1) is 0 Å². The number of aromatic nitrogens is 4. The molecule has 0 saturated carbocycles.